The number of piperidine rings is 1. The third-order valence-corrected chi connectivity index (χ3v) is 7.48. The largest absolute Gasteiger partial charge is 0.314 e. The molecule has 1 aromatic heterocycles. The zero-order valence-corrected chi connectivity index (χ0v) is 18.8. The topological polar surface area (TPSA) is 75.5 Å². The van der Waals surface area contributed by atoms with Gasteiger partial charge in [-0.15, -0.1) is 0 Å². The Hall–Kier alpha value is -2.19. The summed E-state index contributed by atoms with van der Waals surface area (Å²) in [6.45, 7) is 4.99. The average molecular weight is 431 g/mol. The summed E-state index contributed by atoms with van der Waals surface area (Å²) in [4.78, 5) is 17.4. The third kappa shape index (κ3) is 3.90. The molecule has 2 aliphatic heterocycles. The molecule has 8 heteroatoms. The number of benzene rings is 1. The van der Waals surface area contributed by atoms with Gasteiger partial charge in [0.05, 0.1) is 23.9 Å². The van der Waals surface area contributed by atoms with Crippen molar-refractivity contribution in [2.45, 2.75) is 44.7 Å². The van der Waals surface area contributed by atoms with E-state index >= 15 is 0 Å². The van der Waals surface area contributed by atoms with Crippen LogP contribution in [0.5, 0.6) is 0 Å². The molecule has 0 radical (unpaired) electrons. The van der Waals surface area contributed by atoms with Crippen molar-refractivity contribution < 1.29 is 13.2 Å². The molecule has 30 heavy (non-hydrogen) atoms. The molecule has 2 aromatic rings. The van der Waals surface area contributed by atoms with E-state index < -0.39 is 15.3 Å². The number of carbonyl (C=O) groups excluding carboxylic acids is 1. The first kappa shape index (κ1) is 21.1. The van der Waals surface area contributed by atoms with Crippen molar-refractivity contribution >= 4 is 21.4 Å². The first-order valence-corrected chi connectivity index (χ1v) is 12.6. The molecule has 0 bridgehead atoms. The number of likely N-dealkylation sites (tertiary alicyclic amines) is 1. The average Bonchev–Trinajstić information content (AvgIpc) is 3.25. The van der Waals surface area contributed by atoms with Crippen molar-refractivity contribution in [3.63, 3.8) is 0 Å². The highest BCUT2D eigenvalue weighted by atomic mass is 32.2. The van der Waals surface area contributed by atoms with Crippen molar-refractivity contribution in [3.05, 3.63) is 47.3 Å². The number of fused-ring (bicyclic) bond motifs is 2. The van der Waals surface area contributed by atoms with Crippen LogP contribution < -0.4 is 4.90 Å². The number of likely N-dealkylation sites (N-methyl/N-ethyl adjacent to an activating group) is 1. The quantitative estimate of drug-likeness (QED) is 0.701. The Balaban J connectivity index is 1.43. The van der Waals surface area contributed by atoms with Gasteiger partial charge in [-0.1, -0.05) is 19.1 Å². The van der Waals surface area contributed by atoms with E-state index in [1.165, 1.54) is 17.4 Å². The highest BCUT2D eigenvalue weighted by molar-refractivity contribution is 7.90. The van der Waals surface area contributed by atoms with Gasteiger partial charge >= 0.3 is 0 Å². The summed E-state index contributed by atoms with van der Waals surface area (Å²) in [5.74, 6) is 0.314. The molecule has 7 nitrogen and oxygen atoms in total. The molecule has 1 aromatic carbocycles. The number of anilines is 1. The predicted octanol–water partition coefficient (Wildman–Crippen LogP) is 2.00. The molecule has 3 heterocycles. The molecule has 0 N–H and O–H groups in total. The molecule has 0 unspecified atom stereocenters. The first-order valence-electron chi connectivity index (χ1n) is 10.5. The number of hydrogen-bond acceptors (Lipinski definition) is 5. The van der Waals surface area contributed by atoms with Gasteiger partial charge in [-0.2, -0.15) is 5.10 Å². The number of hydrogen-bond donors (Lipinski definition) is 0. The standard InChI is InChI=1S/C22H30N4O3S/c1-4-17-5-6-20-19(13-17)22(21(27)24(20)2)7-9-25(10-8-22)15-18-14-23-26(16-18)11-12-30(3,28)29/h5-6,13-14,16H,4,7-12,15H2,1-3H3. The Morgan fingerprint density at radius 2 is 1.90 bits per heavy atom. The van der Waals surface area contributed by atoms with Gasteiger partial charge in [0.15, 0.2) is 0 Å². The lowest BCUT2D eigenvalue weighted by molar-refractivity contribution is -0.124. The fourth-order valence-electron chi connectivity index (χ4n) is 4.73. The van der Waals surface area contributed by atoms with Crippen molar-refractivity contribution in [3.8, 4) is 0 Å². The zero-order valence-electron chi connectivity index (χ0n) is 18.0. The van der Waals surface area contributed by atoms with Crippen LogP contribution in [-0.4, -0.2) is 61.2 Å². The van der Waals surface area contributed by atoms with Gasteiger partial charge in [0.25, 0.3) is 0 Å². The molecular formula is C22H30N4O3S. The molecule has 0 saturated carbocycles. The van der Waals surface area contributed by atoms with Crippen molar-refractivity contribution in [1.29, 1.82) is 0 Å². The molecule has 2 aliphatic rings. The molecule has 1 amide bonds. The van der Waals surface area contributed by atoms with Crippen LogP contribution in [0, 0.1) is 0 Å². The molecule has 0 atom stereocenters. The second-order valence-corrected chi connectivity index (χ2v) is 10.9. The Kier molecular flexibility index (Phi) is 5.48. The van der Waals surface area contributed by atoms with Gasteiger partial charge in [0.1, 0.15) is 9.84 Å². The monoisotopic (exact) mass is 430 g/mol. The summed E-state index contributed by atoms with van der Waals surface area (Å²) < 4.78 is 24.4. The van der Waals surface area contributed by atoms with Gasteiger partial charge in [-0.3, -0.25) is 14.4 Å². The Bertz CT molecular complexity index is 1050. The minimum Gasteiger partial charge on any atom is -0.314 e. The van der Waals surface area contributed by atoms with Crippen molar-refractivity contribution in [2.24, 2.45) is 0 Å². The van der Waals surface area contributed by atoms with Crippen LogP contribution in [0.2, 0.25) is 0 Å². The number of rotatable bonds is 6. The van der Waals surface area contributed by atoms with Gasteiger partial charge in [0.2, 0.25) is 5.91 Å². The number of carbonyl (C=O) groups is 1. The summed E-state index contributed by atoms with van der Waals surface area (Å²) in [6, 6.07) is 6.45. The van der Waals surface area contributed by atoms with Crippen molar-refractivity contribution in [2.75, 3.05) is 37.0 Å². The van der Waals surface area contributed by atoms with E-state index in [9.17, 15) is 13.2 Å². The van der Waals surface area contributed by atoms with Gasteiger partial charge < -0.3 is 4.90 Å². The first-order chi connectivity index (χ1) is 14.2. The van der Waals surface area contributed by atoms with Gasteiger partial charge in [0, 0.05) is 37.3 Å². The summed E-state index contributed by atoms with van der Waals surface area (Å²) in [5, 5.41) is 4.29. The second kappa shape index (κ2) is 7.81. The summed E-state index contributed by atoms with van der Waals surface area (Å²) in [5.41, 5.74) is 4.20. The molecular weight excluding hydrogens is 400 g/mol. The lowest BCUT2D eigenvalue weighted by Gasteiger charge is -2.38. The van der Waals surface area contributed by atoms with Crippen LogP contribution in [0.1, 0.15) is 36.5 Å². The Morgan fingerprint density at radius 3 is 2.57 bits per heavy atom. The van der Waals surface area contributed by atoms with Crippen LogP contribution >= 0.6 is 0 Å². The molecule has 4 rings (SSSR count). The SMILES string of the molecule is CCc1ccc2c(c1)C1(CCN(Cc3cnn(CCS(C)(=O)=O)c3)CC1)C(=O)N2C. The van der Waals surface area contributed by atoms with Crippen molar-refractivity contribution in [1.82, 2.24) is 14.7 Å². The lowest BCUT2D eigenvalue weighted by atomic mass is 9.73. The van der Waals surface area contributed by atoms with E-state index in [1.807, 2.05) is 24.3 Å². The van der Waals surface area contributed by atoms with E-state index in [-0.39, 0.29) is 11.7 Å². The molecule has 0 aliphatic carbocycles. The number of nitrogens with zero attached hydrogens (tertiary/aromatic N) is 4. The minimum absolute atomic E-state index is 0.0924. The molecule has 1 spiro atoms. The smallest absolute Gasteiger partial charge is 0.237 e. The summed E-state index contributed by atoms with van der Waals surface area (Å²) in [6.07, 6.45) is 7.58. The maximum absolute atomic E-state index is 13.2. The Labute approximate surface area is 178 Å². The Morgan fingerprint density at radius 1 is 1.17 bits per heavy atom. The van der Waals surface area contributed by atoms with E-state index in [4.69, 9.17) is 0 Å². The van der Waals surface area contributed by atoms with Gasteiger partial charge in [-0.25, -0.2) is 8.42 Å². The normalized spacial score (nSPS) is 18.9. The van der Waals surface area contributed by atoms with Crippen LogP contribution in [0.4, 0.5) is 5.69 Å². The summed E-state index contributed by atoms with van der Waals surface area (Å²) >= 11 is 0. The van der Waals surface area contributed by atoms with Crippen LogP contribution in [-0.2, 0) is 39.6 Å². The van der Waals surface area contributed by atoms with E-state index in [0.29, 0.717) is 6.54 Å². The predicted molar refractivity (Wildman–Crippen MR) is 117 cm³/mol. The highest BCUT2D eigenvalue weighted by Crippen LogP contribution is 2.47. The zero-order chi connectivity index (χ0) is 21.5. The number of amides is 1. The fourth-order valence-corrected chi connectivity index (χ4v) is 5.25. The molecule has 1 saturated heterocycles. The minimum atomic E-state index is -3.00. The van der Waals surface area contributed by atoms with Crippen LogP contribution in [0.15, 0.2) is 30.6 Å². The lowest BCUT2D eigenvalue weighted by Crippen LogP contribution is -2.47. The number of aromatic nitrogens is 2. The maximum atomic E-state index is 13.2. The van der Waals surface area contributed by atoms with Crippen LogP contribution in [0.3, 0.4) is 0 Å². The van der Waals surface area contributed by atoms with E-state index in [2.05, 4.69) is 35.1 Å². The van der Waals surface area contributed by atoms with E-state index in [0.717, 1.165) is 50.1 Å². The highest BCUT2D eigenvalue weighted by Gasteiger charge is 2.50. The number of aryl methyl sites for hydroxylation is 2. The third-order valence-electron chi connectivity index (χ3n) is 6.55. The van der Waals surface area contributed by atoms with E-state index in [1.54, 1.807) is 4.68 Å². The fraction of sp³-hybridized carbons (Fsp3) is 0.545. The second-order valence-electron chi connectivity index (χ2n) is 8.67. The van der Waals surface area contributed by atoms with Crippen LogP contribution in [0.25, 0.3) is 0 Å². The summed E-state index contributed by atoms with van der Waals surface area (Å²) in [7, 11) is -1.11. The molecule has 162 valence electrons. The molecule has 1 fully saturated rings. The maximum Gasteiger partial charge on any atom is 0.237 e. The number of sulfone groups is 1. The van der Waals surface area contributed by atoms with Gasteiger partial charge in [-0.05, 0) is 49.5 Å².